The zero-order chi connectivity index (χ0) is 26.2. The van der Waals surface area contributed by atoms with Gasteiger partial charge < -0.3 is 23.7 Å². The predicted molar refractivity (Wildman–Crippen MR) is 116 cm³/mol. The minimum Gasteiger partial charge on any atom is -0.469 e. The molecule has 4 unspecified atom stereocenters. The Morgan fingerprint density at radius 3 is 1.00 bits per heavy atom. The fourth-order valence-corrected chi connectivity index (χ4v) is 1.80. The van der Waals surface area contributed by atoms with Crippen molar-refractivity contribution < 1.29 is 47.7 Å². The lowest BCUT2D eigenvalue weighted by Crippen LogP contribution is -2.29. The molecule has 0 aliphatic heterocycles. The van der Waals surface area contributed by atoms with Crippen LogP contribution in [0.5, 0.6) is 0 Å². The van der Waals surface area contributed by atoms with Crippen molar-refractivity contribution in [2.24, 2.45) is 17.3 Å². The molecule has 0 saturated heterocycles. The van der Waals surface area contributed by atoms with Gasteiger partial charge in [-0.2, -0.15) is 0 Å². The van der Waals surface area contributed by atoms with E-state index >= 15 is 0 Å². The van der Waals surface area contributed by atoms with Crippen LogP contribution in [-0.2, 0) is 47.7 Å². The smallest absolute Gasteiger partial charge is 0.310 e. The highest BCUT2D eigenvalue weighted by Gasteiger charge is 2.27. The minimum atomic E-state index is -0.456. The van der Waals surface area contributed by atoms with E-state index < -0.39 is 36.0 Å². The van der Waals surface area contributed by atoms with E-state index in [4.69, 9.17) is 9.47 Å². The number of hydrogen-bond acceptors (Lipinski definition) is 10. The van der Waals surface area contributed by atoms with Crippen LogP contribution in [-0.4, -0.2) is 63.4 Å². The molecule has 0 saturated carbocycles. The molecule has 0 N–H and O–H groups in total. The van der Waals surface area contributed by atoms with E-state index in [9.17, 15) is 24.0 Å². The van der Waals surface area contributed by atoms with Crippen molar-refractivity contribution in [1.29, 1.82) is 0 Å². The van der Waals surface area contributed by atoms with Gasteiger partial charge in [-0.05, 0) is 34.6 Å². The number of carbonyl (C=O) groups excluding carboxylic acids is 5. The number of ether oxygens (including phenoxy) is 5. The molecule has 0 aromatic rings. The topological polar surface area (TPSA) is 132 Å². The van der Waals surface area contributed by atoms with Crippen LogP contribution in [0.15, 0.2) is 0 Å². The third kappa shape index (κ3) is 17.1. The van der Waals surface area contributed by atoms with Gasteiger partial charge in [-0.3, -0.25) is 24.0 Å². The Morgan fingerprint density at radius 2 is 0.875 bits per heavy atom. The van der Waals surface area contributed by atoms with Crippen molar-refractivity contribution in [3.63, 3.8) is 0 Å². The summed E-state index contributed by atoms with van der Waals surface area (Å²) in [6.07, 6.45) is -0.794. The first-order chi connectivity index (χ1) is 14.5. The van der Waals surface area contributed by atoms with Gasteiger partial charge in [0.15, 0.2) is 0 Å². The van der Waals surface area contributed by atoms with Gasteiger partial charge in [-0.25, -0.2) is 0 Å². The van der Waals surface area contributed by atoms with Crippen LogP contribution >= 0.6 is 0 Å². The SMILES string of the molecule is CC(=O)OC(C)C(C)OC(C)=O.COC(=O)C(C)(C)C.COC(=O)C(C)C(C)C(=O)OC. The van der Waals surface area contributed by atoms with Gasteiger partial charge in [0.05, 0.1) is 38.6 Å². The van der Waals surface area contributed by atoms with Gasteiger partial charge in [0.2, 0.25) is 0 Å². The summed E-state index contributed by atoms with van der Waals surface area (Å²) >= 11 is 0. The Labute approximate surface area is 191 Å². The molecule has 4 atom stereocenters. The maximum atomic E-state index is 10.9. The second kappa shape index (κ2) is 17.0. The fourth-order valence-electron chi connectivity index (χ4n) is 1.80. The van der Waals surface area contributed by atoms with Crippen molar-refractivity contribution in [2.45, 2.75) is 74.5 Å². The Balaban J connectivity index is -0.000000404. The quantitative estimate of drug-likeness (QED) is 0.427. The minimum absolute atomic E-state index is 0.169. The first-order valence-corrected chi connectivity index (χ1v) is 10.0. The summed E-state index contributed by atoms with van der Waals surface area (Å²) in [6.45, 7) is 14.7. The summed E-state index contributed by atoms with van der Waals surface area (Å²) in [6, 6.07) is 0. The number of rotatable bonds is 6. The molecular weight excluding hydrogens is 424 g/mol. The Bertz CT molecular complexity index is 566. The first-order valence-electron chi connectivity index (χ1n) is 10.0. The molecule has 10 heteroatoms. The van der Waals surface area contributed by atoms with Crippen molar-refractivity contribution in [3.05, 3.63) is 0 Å². The molecule has 188 valence electrons. The molecule has 0 aliphatic carbocycles. The molecule has 0 aromatic heterocycles. The highest BCUT2D eigenvalue weighted by molar-refractivity contribution is 5.81. The Morgan fingerprint density at radius 1 is 0.594 bits per heavy atom. The zero-order valence-electron chi connectivity index (χ0n) is 21.4. The molecule has 0 radical (unpaired) electrons. The van der Waals surface area contributed by atoms with E-state index in [1.807, 2.05) is 20.8 Å². The highest BCUT2D eigenvalue weighted by Crippen LogP contribution is 2.14. The molecule has 0 aliphatic rings. The van der Waals surface area contributed by atoms with Gasteiger partial charge in [0, 0.05) is 13.8 Å². The van der Waals surface area contributed by atoms with Crippen molar-refractivity contribution in [1.82, 2.24) is 0 Å². The number of methoxy groups -OCH3 is 3. The second-order valence-corrected chi connectivity index (χ2v) is 7.99. The lowest BCUT2D eigenvalue weighted by Gasteiger charge is -2.18. The van der Waals surface area contributed by atoms with Crippen LogP contribution in [0.3, 0.4) is 0 Å². The standard InChI is InChI=1S/2C8H14O4.C6H12O2/c1-5(7(9)11-3)6(2)8(10)12-4;1-5(11-7(3)9)6(2)12-8(4)10;1-6(2,3)5(7)8-4/h2*5-6H,1-4H3;1-4H3. The molecule has 0 bridgehead atoms. The van der Waals surface area contributed by atoms with Gasteiger partial charge >= 0.3 is 29.8 Å². The van der Waals surface area contributed by atoms with E-state index in [2.05, 4.69) is 14.2 Å². The number of esters is 5. The summed E-state index contributed by atoms with van der Waals surface area (Å²) in [5.41, 5.74) is -0.352. The summed E-state index contributed by atoms with van der Waals surface area (Å²) in [5.74, 6) is -2.62. The Hall–Kier alpha value is -2.65. The van der Waals surface area contributed by atoms with Crippen molar-refractivity contribution in [2.75, 3.05) is 21.3 Å². The van der Waals surface area contributed by atoms with Crippen LogP contribution < -0.4 is 0 Å². The monoisotopic (exact) mass is 464 g/mol. The van der Waals surface area contributed by atoms with E-state index in [1.165, 1.54) is 35.2 Å². The van der Waals surface area contributed by atoms with Gasteiger partial charge in [0.25, 0.3) is 0 Å². The van der Waals surface area contributed by atoms with Crippen molar-refractivity contribution >= 4 is 29.8 Å². The molecular formula is C22H40O10. The lowest BCUT2D eigenvalue weighted by molar-refractivity contribution is -0.162. The van der Waals surface area contributed by atoms with Crippen LogP contribution in [0.1, 0.15) is 62.3 Å². The summed E-state index contributed by atoms with van der Waals surface area (Å²) in [5, 5.41) is 0. The third-order valence-corrected chi connectivity index (χ3v) is 4.06. The zero-order valence-corrected chi connectivity index (χ0v) is 21.4. The Kier molecular flexibility index (Phi) is 18.0. The van der Waals surface area contributed by atoms with Crippen LogP contribution in [0.2, 0.25) is 0 Å². The number of hydrogen-bond donors (Lipinski definition) is 0. The van der Waals surface area contributed by atoms with E-state index in [0.29, 0.717) is 0 Å². The summed E-state index contributed by atoms with van der Waals surface area (Å²) in [4.78, 5) is 53.5. The first kappa shape index (κ1) is 34.0. The molecule has 0 rings (SSSR count). The largest absolute Gasteiger partial charge is 0.469 e. The van der Waals surface area contributed by atoms with E-state index in [-0.39, 0.29) is 23.3 Å². The lowest BCUT2D eigenvalue weighted by atomic mass is 9.96. The highest BCUT2D eigenvalue weighted by atomic mass is 16.6. The molecule has 10 nitrogen and oxygen atoms in total. The van der Waals surface area contributed by atoms with E-state index in [0.717, 1.165) is 0 Å². The molecule has 32 heavy (non-hydrogen) atoms. The second-order valence-electron chi connectivity index (χ2n) is 7.99. The average Bonchev–Trinajstić information content (AvgIpc) is 2.69. The van der Waals surface area contributed by atoms with Gasteiger partial charge in [-0.15, -0.1) is 0 Å². The normalized spacial score (nSPS) is 13.8. The van der Waals surface area contributed by atoms with Gasteiger partial charge in [0.1, 0.15) is 12.2 Å². The molecule has 0 fully saturated rings. The average molecular weight is 465 g/mol. The summed E-state index contributed by atoms with van der Waals surface area (Å²) < 4.78 is 23.0. The fraction of sp³-hybridized carbons (Fsp3) is 0.773. The van der Waals surface area contributed by atoms with Gasteiger partial charge in [-0.1, -0.05) is 13.8 Å². The van der Waals surface area contributed by atoms with Crippen molar-refractivity contribution in [3.8, 4) is 0 Å². The van der Waals surface area contributed by atoms with E-state index in [1.54, 1.807) is 27.7 Å². The van der Waals surface area contributed by atoms with Crippen LogP contribution in [0.4, 0.5) is 0 Å². The molecule has 0 spiro atoms. The molecule has 0 aromatic carbocycles. The predicted octanol–water partition coefficient (Wildman–Crippen LogP) is 2.70. The summed E-state index contributed by atoms with van der Waals surface area (Å²) in [7, 11) is 3.99. The number of carbonyl (C=O) groups is 5. The maximum Gasteiger partial charge on any atom is 0.310 e. The van der Waals surface area contributed by atoms with Crippen LogP contribution in [0, 0.1) is 17.3 Å². The maximum absolute atomic E-state index is 10.9. The third-order valence-electron chi connectivity index (χ3n) is 4.06. The molecule has 0 heterocycles. The van der Waals surface area contributed by atoms with Crippen LogP contribution in [0.25, 0.3) is 0 Å². The molecule has 0 amide bonds.